The highest BCUT2D eigenvalue weighted by Gasteiger charge is 2.12. The van der Waals surface area contributed by atoms with Crippen LogP contribution in [0, 0.1) is 11.6 Å². The van der Waals surface area contributed by atoms with Gasteiger partial charge in [0.05, 0.1) is 5.70 Å². The van der Waals surface area contributed by atoms with E-state index in [0.717, 1.165) is 18.2 Å². The van der Waals surface area contributed by atoms with Gasteiger partial charge in [0.1, 0.15) is 0 Å². The summed E-state index contributed by atoms with van der Waals surface area (Å²) in [4.78, 5) is 24.6. The predicted molar refractivity (Wildman–Crippen MR) is 85.6 cm³/mol. The number of phenols is 1. The second kappa shape index (κ2) is 7.36. The molecule has 24 heavy (non-hydrogen) atoms. The van der Waals surface area contributed by atoms with Crippen molar-refractivity contribution in [2.24, 2.45) is 0 Å². The summed E-state index contributed by atoms with van der Waals surface area (Å²) in [6.07, 6.45) is 1.35. The number of nitrogens with one attached hydrogen (secondary N) is 1. The van der Waals surface area contributed by atoms with Gasteiger partial charge in [0.15, 0.2) is 23.7 Å². The van der Waals surface area contributed by atoms with Crippen LogP contribution in [0.25, 0.3) is 0 Å². The van der Waals surface area contributed by atoms with E-state index >= 15 is 0 Å². The summed E-state index contributed by atoms with van der Waals surface area (Å²) in [5.41, 5.74) is 0.314. The van der Waals surface area contributed by atoms with Crippen molar-refractivity contribution in [3.05, 3.63) is 65.9 Å². The fourth-order valence-corrected chi connectivity index (χ4v) is 1.91. The van der Waals surface area contributed by atoms with Gasteiger partial charge < -0.3 is 15.3 Å². The lowest BCUT2D eigenvalue weighted by molar-refractivity contribution is -0.114. The van der Waals surface area contributed by atoms with E-state index in [0.29, 0.717) is 12.0 Å². The average molecular weight is 332 g/mol. The number of para-hydroxylation sites is 1. The quantitative estimate of drug-likeness (QED) is 0.502. The van der Waals surface area contributed by atoms with E-state index in [-0.39, 0.29) is 11.4 Å². The number of carbonyl (C=O) groups is 2. The molecule has 2 N–H and O–H groups in total. The van der Waals surface area contributed by atoms with Crippen molar-refractivity contribution < 1.29 is 23.5 Å². The standard InChI is InChI=1S/C17H14F2N2O3/c1-21(13-5-3-2-4-6-13)16(23)9-12(10-22)20-11-7-14(18)17(24)15(19)8-11/h2-10,20,24H,1H3/b12-9+. The number of aldehydes is 1. The fourth-order valence-electron chi connectivity index (χ4n) is 1.91. The van der Waals surface area contributed by atoms with Crippen LogP contribution in [-0.4, -0.2) is 24.3 Å². The minimum Gasteiger partial charge on any atom is -0.503 e. The molecule has 0 bridgehead atoms. The van der Waals surface area contributed by atoms with Crippen molar-refractivity contribution in [1.29, 1.82) is 0 Å². The van der Waals surface area contributed by atoms with E-state index in [4.69, 9.17) is 5.11 Å². The summed E-state index contributed by atoms with van der Waals surface area (Å²) in [6.45, 7) is 0. The molecule has 5 nitrogen and oxygen atoms in total. The Morgan fingerprint density at radius 2 is 1.75 bits per heavy atom. The summed E-state index contributed by atoms with van der Waals surface area (Å²) < 4.78 is 26.6. The fraction of sp³-hybridized carbons (Fsp3) is 0.0588. The van der Waals surface area contributed by atoms with Gasteiger partial charge in [0.25, 0.3) is 5.91 Å². The predicted octanol–water partition coefficient (Wildman–Crippen LogP) is 2.83. The van der Waals surface area contributed by atoms with Gasteiger partial charge in [-0.3, -0.25) is 9.59 Å². The molecule has 2 rings (SSSR count). The number of likely N-dealkylation sites (N-methyl/N-ethyl adjacent to an activating group) is 1. The lowest BCUT2D eigenvalue weighted by Crippen LogP contribution is -2.25. The van der Waals surface area contributed by atoms with Gasteiger partial charge in [-0.15, -0.1) is 0 Å². The first kappa shape index (κ1) is 17.1. The minimum atomic E-state index is -1.18. The van der Waals surface area contributed by atoms with Gasteiger partial charge >= 0.3 is 0 Å². The number of benzene rings is 2. The Hall–Kier alpha value is -3.22. The maximum absolute atomic E-state index is 13.3. The Balaban J connectivity index is 2.20. The molecule has 0 aliphatic carbocycles. The highest BCUT2D eigenvalue weighted by atomic mass is 19.1. The number of phenolic OH excluding ortho intramolecular Hbond substituents is 1. The molecule has 7 heteroatoms. The molecule has 0 saturated carbocycles. The molecular weight excluding hydrogens is 318 g/mol. The topological polar surface area (TPSA) is 69.6 Å². The molecule has 0 atom stereocenters. The SMILES string of the molecule is CN(C(=O)/C=C(\C=O)Nc1cc(F)c(O)c(F)c1)c1ccccc1. The van der Waals surface area contributed by atoms with Gasteiger partial charge in [0, 0.05) is 36.6 Å². The largest absolute Gasteiger partial charge is 0.503 e. The van der Waals surface area contributed by atoms with E-state index < -0.39 is 23.3 Å². The number of halogens is 2. The zero-order chi connectivity index (χ0) is 17.7. The summed E-state index contributed by atoms with van der Waals surface area (Å²) in [5.74, 6) is -3.99. The summed E-state index contributed by atoms with van der Waals surface area (Å²) in [7, 11) is 1.52. The normalized spacial score (nSPS) is 11.0. The molecule has 0 radical (unpaired) electrons. The number of carbonyl (C=O) groups excluding carboxylic acids is 2. The highest BCUT2D eigenvalue weighted by molar-refractivity contribution is 6.04. The van der Waals surface area contributed by atoms with Crippen LogP contribution in [0.4, 0.5) is 20.2 Å². The molecule has 0 aromatic heterocycles. The molecule has 1 amide bonds. The van der Waals surface area contributed by atoms with Gasteiger partial charge in [-0.2, -0.15) is 0 Å². The second-order valence-electron chi connectivity index (χ2n) is 4.86. The lowest BCUT2D eigenvalue weighted by atomic mass is 10.2. The zero-order valence-corrected chi connectivity index (χ0v) is 12.7. The number of allylic oxidation sites excluding steroid dienone is 1. The van der Waals surface area contributed by atoms with Gasteiger partial charge in [-0.05, 0) is 12.1 Å². The summed E-state index contributed by atoms with van der Waals surface area (Å²) in [5, 5.41) is 11.5. The molecule has 0 saturated heterocycles. The van der Waals surface area contributed by atoms with Crippen LogP contribution in [0.1, 0.15) is 0 Å². The third-order valence-electron chi connectivity index (χ3n) is 3.19. The first-order valence-electron chi connectivity index (χ1n) is 6.87. The Bertz CT molecular complexity index is 769. The van der Waals surface area contributed by atoms with E-state index in [2.05, 4.69) is 5.32 Å². The number of rotatable bonds is 5. The van der Waals surface area contributed by atoms with Crippen molar-refractivity contribution in [1.82, 2.24) is 0 Å². The van der Waals surface area contributed by atoms with Crippen LogP contribution >= 0.6 is 0 Å². The summed E-state index contributed by atoms with van der Waals surface area (Å²) >= 11 is 0. The summed E-state index contributed by atoms with van der Waals surface area (Å²) in [6, 6.07) is 10.3. The van der Waals surface area contributed by atoms with Crippen molar-refractivity contribution in [2.75, 3.05) is 17.3 Å². The third-order valence-corrected chi connectivity index (χ3v) is 3.19. The van der Waals surface area contributed by atoms with Gasteiger partial charge in [0.2, 0.25) is 0 Å². The first-order chi connectivity index (χ1) is 11.4. The second-order valence-corrected chi connectivity index (χ2v) is 4.86. The average Bonchev–Trinajstić information content (AvgIpc) is 2.58. The molecule has 0 fully saturated rings. The Kier molecular flexibility index (Phi) is 5.26. The van der Waals surface area contributed by atoms with Crippen LogP contribution < -0.4 is 10.2 Å². The zero-order valence-electron chi connectivity index (χ0n) is 12.7. The van der Waals surface area contributed by atoms with E-state index in [1.807, 2.05) is 0 Å². The van der Waals surface area contributed by atoms with Crippen molar-refractivity contribution >= 4 is 23.6 Å². The molecule has 0 aliphatic rings. The maximum atomic E-state index is 13.3. The molecule has 2 aromatic carbocycles. The molecule has 124 valence electrons. The van der Waals surface area contributed by atoms with E-state index in [9.17, 15) is 18.4 Å². The third kappa shape index (κ3) is 3.95. The molecule has 0 unspecified atom stereocenters. The van der Waals surface area contributed by atoms with Crippen LogP contribution in [-0.2, 0) is 9.59 Å². The van der Waals surface area contributed by atoms with Crippen LogP contribution in [0.3, 0.4) is 0 Å². The van der Waals surface area contributed by atoms with Crippen LogP contribution in [0.15, 0.2) is 54.2 Å². The minimum absolute atomic E-state index is 0.115. The van der Waals surface area contributed by atoms with Gasteiger partial charge in [-0.25, -0.2) is 8.78 Å². The van der Waals surface area contributed by atoms with Crippen LogP contribution in [0.2, 0.25) is 0 Å². The smallest absolute Gasteiger partial charge is 0.252 e. The number of nitrogens with zero attached hydrogens (tertiary/aromatic N) is 1. The Morgan fingerprint density at radius 1 is 1.17 bits per heavy atom. The Labute approximate surface area is 136 Å². The molecule has 0 heterocycles. The number of amides is 1. The van der Waals surface area contributed by atoms with Crippen molar-refractivity contribution in [3.8, 4) is 5.75 Å². The van der Waals surface area contributed by atoms with Crippen molar-refractivity contribution in [3.63, 3.8) is 0 Å². The Morgan fingerprint density at radius 3 is 2.29 bits per heavy atom. The number of anilines is 2. The molecule has 0 spiro atoms. The molecule has 0 aliphatic heterocycles. The number of hydrogen-bond acceptors (Lipinski definition) is 4. The number of aromatic hydroxyl groups is 1. The highest BCUT2D eigenvalue weighted by Crippen LogP contribution is 2.24. The van der Waals surface area contributed by atoms with Crippen molar-refractivity contribution in [2.45, 2.75) is 0 Å². The number of hydrogen-bond donors (Lipinski definition) is 2. The maximum Gasteiger partial charge on any atom is 0.252 e. The lowest BCUT2D eigenvalue weighted by Gasteiger charge is -2.15. The molecular formula is C17H14F2N2O3. The molecule has 2 aromatic rings. The van der Waals surface area contributed by atoms with Crippen LogP contribution in [0.5, 0.6) is 5.75 Å². The van der Waals surface area contributed by atoms with E-state index in [1.165, 1.54) is 11.9 Å². The van der Waals surface area contributed by atoms with E-state index in [1.54, 1.807) is 30.3 Å². The monoisotopic (exact) mass is 332 g/mol. The first-order valence-corrected chi connectivity index (χ1v) is 6.87. The van der Waals surface area contributed by atoms with Gasteiger partial charge in [-0.1, -0.05) is 18.2 Å².